The minimum atomic E-state index is -0.571. The lowest BCUT2D eigenvalue weighted by Crippen LogP contribution is -2.23. The summed E-state index contributed by atoms with van der Waals surface area (Å²) in [6, 6.07) is 2.05. The summed E-state index contributed by atoms with van der Waals surface area (Å²) >= 11 is 0. The van der Waals surface area contributed by atoms with E-state index in [9.17, 15) is 8.78 Å². The lowest BCUT2D eigenvalue weighted by molar-refractivity contribution is 0.536. The molecule has 2 rings (SSSR count). The Morgan fingerprint density at radius 1 is 1.16 bits per heavy atom. The number of nitrogens with zero attached hydrogens (tertiary/aromatic N) is 2. The zero-order valence-electron chi connectivity index (χ0n) is 10.8. The molecule has 2 aromatic rings. The van der Waals surface area contributed by atoms with Gasteiger partial charge in [0.15, 0.2) is 0 Å². The minimum Gasteiger partial charge on any atom is -0.306 e. The molecule has 0 aliphatic carbocycles. The third kappa shape index (κ3) is 2.93. The van der Waals surface area contributed by atoms with Crippen LogP contribution >= 0.6 is 0 Å². The number of benzene rings is 1. The smallest absolute Gasteiger partial charge is 0.131 e. The van der Waals surface area contributed by atoms with Crippen LogP contribution in [0.1, 0.15) is 29.7 Å². The molecule has 0 fully saturated rings. The summed E-state index contributed by atoms with van der Waals surface area (Å²) in [5.74, 6) is -1.11. The fraction of sp³-hybridized carbons (Fsp3) is 0.286. The number of rotatable bonds is 4. The topological polar surface area (TPSA) is 37.8 Å². The van der Waals surface area contributed by atoms with E-state index in [2.05, 4.69) is 15.3 Å². The number of hydrogen-bond acceptors (Lipinski definition) is 3. The first-order valence-electron chi connectivity index (χ1n) is 6.07. The van der Waals surface area contributed by atoms with Gasteiger partial charge in [-0.2, -0.15) is 0 Å². The van der Waals surface area contributed by atoms with Crippen LogP contribution < -0.4 is 5.32 Å². The fourth-order valence-corrected chi connectivity index (χ4v) is 1.97. The quantitative estimate of drug-likeness (QED) is 0.921. The van der Waals surface area contributed by atoms with Crippen molar-refractivity contribution >= 4 is 0 Å². The molecule has 19 heavy (non-hydrogen) atoms. The van der Waals surface area contributed by atoms with Crippen LogP contribution in [0.25, 0.3) is 0 Å². The van der Waals surface area contributed by atoms with Gasteiger partial charge in [0.05, 0.1) is 6.04 Å². The number of halogens is 2. The molecule has 0 spiro atoms. The van der Waals surface area contributed by atoms with Crippen molar-refractivity contribution < 1.29 is 8.78 Å². The molecule has 1 aromatic carbocycles. The molecule has 100 valence electrons. The van der Waals surface area contributed by atoms with Gasteiger partial charge in [-0.25, -0.2) is 18.7 Å². The highest BCUT2D eigenvalue weighted by atomic mass is 19.1. The normalized spacial score (nSPS) is 12.4. The molecule has 1 heterocycles. The molecule has 0 saturated heterocycles. The van der Waals surface area contributed by atoms with E-state index in [1.54, 1.807) is 19.3 Å². The van der Waals surface area contributed by atoms with E-state index >= 15 is 0 Å². The highest BCUT2D eigenvalue weighted by Crippen LogP contribution is 2.25. The Morgan fingerprint density at radius 3 is 2.47 bits per heavy atom. The average molecular weight is 263 g/mol. The maximum atomic E-state index is 14.0. The fourth-order valence-electron chi connectivity index (χ4n) is 1.97. The molecular weight excluding hydrogens is 248 g/mol. The van der Waals surface area contributed by atoms with Crippen molar-refractivity contribution in [2.75, 3.05) is 6.54 Å². The second-order valence-electron chi connectivity index (χ2n) is 4.29. The van der Waals surface area contributed by atoms with E-state index in [0.29, 0.717) is 17.7 Å². The predicted molar refractivity (Wildman–Crippen MR) is 68.6 cm³/mol. The third-order valence-corrected chi connectivity index (χ3v) is 2.91. The Morgan fingerprint density at radius 2 is 1.84 bits per heavy atom. The monoisotopic (exact) mass is 263 g/mol. The largest absolute Gasteiger partial charge is 0.306 e. The van der Waals surface area contributed by atoms with Crippen LogP contribution in [0.4, 0.5) is 8.78 Å². The van der Waals surface area contributed by atoms with E-state index < -0.39 is 11.6 Å². The summed E-state index contributed by atoms with van der Waals surface area (Å²) in [7, 11) is 0. The maximum absolute atomic E-state index is 14.0. The first-order chi connectivity index (χ1) is 9.13. The number of nitrogens with one attached hydrogen (secondary N) is 1. The summed E-state index contributed by atoms with van der Waals surface area (Å²) in [6.45, 7) is 4.18. The van der Waals surface area contributed by atoms with Crippen molar-refractivity contribution in [3.8, 4) is 0 Å². The second-order valence-corrected chi connectivity index (χ2v) is 4.29. The lowest BCUT2D eigenvalue weighted by atomic mass is 9.98. The molecule has 0 aliphatic rings. The Balaban J connectivity index is 2.48. The van der Waals surface area contributed by atoms with Gasteiger partial charge in [-0.15, -0.1) is 0 Å². The van der Waals surface area contributed by atoms with E-state index in [4.69, 9.17) is 0 Å². The van der Waals surface area contributed by atoms with E-state index in [1.165, 1.54) is 12.4 Å². The number of aromatic nitrogens is 2. The van der Waals surface area contributed by atoms with Crippen molar-refractivity contribution in [2.24, 2.45) is 0 Å². The van der Waals surface area contributed by atoms with Gasteiger partial charge in [-0.1, -0.05) is 6.92 Å². The van der Waals surface area contributed by atoms with Gasteiger partial charge < -0.3 is 5.32 Å². The molecule has 1 N–H and O–H groups in total. The van der Waals surface area contributed by atoms with Crippen molar-refractivity contribution in [1.82, 2.24) is 15.3 Å². The Bertz CT molecular complexity index is 558. The number of aryl methyl sites for hydroxylation is 1. The highest BCUT2D eigenvalue weighted by molar-refractivity contribution is 5.34. The van der Waals surface area contributed by atoms with Crippen LogP contribution in [-0.2, 0) is 0 Å². The summed E-state index contributed by atoms with van der Waals surface area (Å²) < 4.78 is 27.3. The van der Waals surface area contributed by atoms with Crippen LogP contribution in [0.15, 0.2) is 30.9 Å². The van der Waals surface area contributed by atoms with Crippen LogP contribution in [0, 0.1) is 18.6 Å². The van der Waals surface area contributed by atoms with Crippen molar-refractivity contribution in [3.05, 3.63) is 59.2 Å². The third-order valence-electron chi connectivity index (χ3n) is 2.91. The first kappa shape index (κ1) is 13.5. The van der Waals surface area contributed by atoms with Crippen LogP contribution in [0.5, 0.6) is 0 Å². The van der Waals surface area contributed by atoms with Gasteiger partial charge in [-0.3, -0.25) is 0 Å². The van der Waals surface area contributed by atoms with Crippen LogP contribution in [0.2, 0.25) is 0 Å². The molecule has 1 unspecified atom stereocenters. The lowest BCUT2D eigenvalue weighted by Gasteiger charge is -2.19. The van der Waals surface area contributed by atoms with E-state index in [-0.39, 0.29) is 6.04 Å². The van der Waals surface area contributed by atoms with E-state index in [1.807, 2.05) is 6.92 Å². The standard InChI is InChI=1S/C14H15F2N3/c1-3-19-14(10-6-17-8-18-7-10)11-4-9(2)12(15)5-13(11)16/h4-8,14,19H,3H2,1-2H3. The zero-order valence-corrected chi connectivity index (χ0v) is 10.8. The Hall–Kier alpha value is -1.88. The predicted octanol–water partition coefficient (Wildman–Crippen LogP) is 2.76. The van der Waals surface area contributed by atoms with Gasteiger partial charge >= 0.3 is 0 Å². The first-order valence-corrected chi connectivity index (χ1v) is 6.07. The summed E-state index contributed by atoms with van der Waals surface area (Å²) in [4.78, 5) is 7.87. The summed E-state index contributed by atoms with van der Waals surface area (Å²) in [6.07, 6.45) is 4.66. The molecular formula is C14H15F2N3. The van der Waals surface area contributed by atoms with Gasteiger partial charge in [-0.05, 0) is 25.1 Å². The van der Waals surface area contributed by atoms with E-state index in [0.717, 1.165) is 11.6 Å². The summed E-state index contributed by atoms with van der Waals surface area (Å²) in [5.41, 5.74) is 1.56. The van der Waals surface area contributed by atoms with Crippen LogP contribution in [0.3, 0.4) is 0 Å². The van der Waals surface area contributed by atoms with Crippen molar-refractivity contribution in [3.63, 3.8) is 0 Å². The molecule has 0 aliphatic heterocycles. The van der Waals surface area contributed by atoms with Crippen LogP contribution in [-0.4, -0.2) is 16.5 Å². The highest BCUT2D eigenvalue weighted by Gasteiger charge is 2.19. The van der Waals surface area contributed by atoms with Crippen molar-refractivity contribution in [1.29, 1.82) is 0 Å². The maximum Gasteiger partial charge on any atom is 0.131 e. The van der Waals surface area contributed by atoms with Gasteiger partial charge in [0.2, 0.25) is 0 Å². The zero-order chi connectivity index (χ0) is 13.8. The second kappa shape index (κ2) is 5.84. The number of hydrogen-bond donors (Lipinski definition) is 1. The Labute approximate surface area is 110 Å². The molecule has 0 saturated carbocycles. The SMILES string of the molecule is CCNC(c1cncnc1)c1cc(C)c(F)cc1F. The average Bonchev–Trinajstić information content (AvgIpc) is 2.42. The summed E-state index contributed by atoms with van der Waals surface area (Å²) in [5, 5.41) is 3.16. The molecule has 1 atom stereocenters. The van der Waals surface area contributed by atoms with Gasteiger partial charge in [0.1, 0.15) is 18.0 Å². The molecule has 0 bridgehead atoms. The molecule has 3 nitrogen and oxygen atoms in total. The Kier molecular flexibility index (Phi) is 4.16. The molecule has 0 radical (unpaired) electrons. The molecule has 0 amide bonds. The van der Waals surface area contributed by atoms with Gasteiger partial charge in [0, 0.05) is 29.6 Å². The molecule has 1 aromatic heterocycles. The van der Waals surface area contributed by atoms with Crippen molar-refractivity contribution in [2.45, 2.75) is 19.9 Å². The van der Waals surface area contributed by atoms with Gasteiger partial charge in [0.25, 0.3) is 0 Å². The minimum absolute atomic E-state index is 0.384. The molecule has 5 heteroatoms.